The molecule has 0 bridgehead atoms. The van der Waals surface area contributed by atoms with Crippen molar-refractivity contribution in [2.75, 3.05) is 0 Å². The molecule has 4 aromatic rings. The molecule has 2 aromatic heterocycles. The molecular formula is C40H49Cl2S2SiZr. The minimum absolute atomic E-state index is 0.139. The first-order valence-corrected chi connectivity index (χ1v) is 35.2. The van der Waals surface area contributed by atoms with Gasteiger partial charge in [-0.3, -0.25) is 0 Å². The van der Waals surface area contributed by atoms with E-state index in [0.29, 0.717) is 11.8 Å². The summed E-state index contributed by atoms with van der Waals surface area (Å²) in [5.74, 6) is -0.279. The molecule has 0 aliphatic heterocycles. The number of hydrogen-bond acceptors (Lipinski definition) is 2. The Kier molecular flexibility index (Phi) is 10.1. The summed E-state index contributed by atoms with van der Waals surface area (Å²) in [7, 11) is 17.2. The van der Waals surface area contributed by atoms with Crippen LogP contribution in [0.2, 0.25) is 13.1 Å². The van der Waals surface area contributed by atoms with Crippen molar-refractivity contribution < 1.29 is 15.6 Å². The predicted octanol–water partition coefficient (Wildman–Crippen LogP) is 13.9. The van der Waals surface area contributed by atoms with Crippen molar-refractivity contribution in [3.63, 3.8) is 0 Å². The van der Waals surface area contributed by atoms with Crippen LogP contribution in [0.5, 0.6) is 0 Å². The van der Waals surface area contributed by atoms with Gasteiger partial charge in [0.15, 0.2) is 0 Å². The fourth-order valence-corrected chi connectivity index (χ4v) is 42.5. The monoisotopic (exact) mass is 781 g/mol. The van der Waals surface area contributed by atoms with Crippen LogP contribution < -0.4 is 0 Å². The Morgan fingerprint density at radius 1 is 0.652 bits per heavy atom. The van der Waals surface area contributed by atoms with Crippen molar-refractivity contribution in [1.29, 1.82) is 0 Å². The van der Waals surface area contributed by atoms with Crippen LogP contribution in [0, 0.1) is 11.8 Å². The molecule has 6 rings (SSSR count). The fraction of sp³-hybridized carbons (Fsp3) is 0.400. The minimum atomic E-state index is -4.75. The molecular weight excluding hydrogens is 735 g/mol. The van der Waals surface area contributed by atoms with Crippen molar-refractivity contribution >= 4 is 57.8 Å². The molecule has 0 fully saturated rings. The third kappa shape index (κ3) is 5.94. The van der Waals surface area contributed by atoms with E-state index >= 15 is 0 Å². The summed E-state index contributed by atoms with van der Waals surface area (Å²) in [5, 5.41) is 0. The molecule has 2 aliphatic carbocycles. The Morgan fingerprint density at radius 3 is 1.41 bits per heavy atom. The molecule has 0 nitrogen and oxygen atoms in total. The summed E-state index contributed by atoms with van der Waals surface area (Å²) < 4.78 is 0.279. The molecule has 243 valence electrons. The van der Waals surface area contributed by atoms with E-state index in [1.165, 1.54) is 64.0 Å². The summed E-state index contributed by atoms with van der Waals surface area (Å²) in [6.07, 6.45) is 9.20. The Bertz CT molecular complexity index is 1700. The van der Waals surface area contributed by atoms with Crippen LogP contribution in [-0.2, 0) is 28.4 Å². The summed E-state index contributed by atoms with van der Waals surface area (Å²) in [6.45, 7) is 18.8. The number of benzene rings is 2. The van der Waals surface area contributed by atoms with E-state index in [9.17, 15) is 0 Å². The number of halogens is 2. The van der Waals surface area contributed by atoms with Gasteiger partial charge in [0.05, 0.1) is 0 Å². The molecule has 2 aliphatic rings. The van der Waals surface area contributed by atoms with Gasteiger partial charge in [0, 0.05) is 0 Å². The molecule has 2 heterocycles. The van der Waals surface area contributed by atoms with Crippen LogP contribution in [0.25, 0.3) is 33.0 Å². The van der Waals surface area contributed by atoms with Crippen molar-refractivity contribution in [2.45, 2.75) is 87.6 Å². The molecule has 0 saturated carbocycles. The maximum atomic E-state index is 8.62. The standard InChI is InChI=1S/2C19H21S.C2H7Si.2ClH.Zr/c2*1-4-14-11-15-6-5-7-17(18(15)12-14)19-9-8-16(20-19)10-13(2)3;1-3-2;;;/h2*5-9,11-13H,4,10H2,1-3H3;3H,1-2H3;2*1H;/q;;;;;+2/p-2. The van der Waals surface area contributed by atoms with Gasteiger partial charge >= 0.3 is 297 Å². The Balaban J connectivity index is 1.50. The second-order valence-electron chi connectivity index (χ2n) is 14.7. The Hall–Kier alpha value is -1.00. The van der Waals surface area contributed by atoms with E-state index in [0.717, 1.165) is 25.7 Å². The third-order valence-electron chi connectivity index (χ3n) is 10.4. The molecule has 0 amide bonds. The van der Waals surface area contributed by atoms with Gasteiger partial charge < -0.3 is 0 Å². The quantitative estimate of drug-likeness (QED) is 0.133. The normalized spacial score (nSPS) is 18.6. The van der Waals surface area contributed by atoms with Crippen LogP contribution in [-0.4, -0.2) is 5.92 Å². The molecule has 0 radical (unpaired) electrons. The van der Waals surface area contributed by atoms with Gasteiger partial charge in [-0.2, -0.15) is 0 Å². The van der Waals surface area contributed by atoms with Crippen LogP contribution in [0.4, 0.5) is 0 Å². The van der Waals surface area contributed by atoms with Crippen LogP contribution in [0.15, 0.2) is 71.8 Å². The van der Waals surface area contributed by atoms with Gasteiger partial charge in [-0.25, -0.2) is 0 Å². The second-order valence-corrected chi connectivity index (χ2v) is 59.6. The molecule has 2 aromatic carbocycles. The van der Waals surface area contributed by atoms with E-state index in [2.05, 4.69) is 127 Å². The van der Waals surface area contributed by atoms with E-state index in [-0.39, 0.29) is 7.25 Å². The Morgan fingerprint density at radius 2 is 1.07 bits per heavy atom. The average molecular weight is 784 g/mol. The molecule has 0 saturated heterocycles. The van der Waals surface area contributed by atoms with Gasteiger partial charge in [-0.1, -0.05) is 0 Å². The van der Waals surface area contributed by atoms with Crippen LogP contribution >= 0.6 is 39.7 Å². The summed E-state index contributed by atoms with van der Waals surface area (Å²) in [6, 6.07) is 23.2. The number of hydrogen-bond donors (Lipinski definition) is 0. The molecule has 0 spiro atoms. The molecule has 2 unspecified atom stereocenters. The van der Waals surface area contributed by atoms with E-state index in [4.69, 9.17) is 17.0 Å². The van der Waals surface area contributed by atoms with Gasteiger partial charge in [0.2, 0.25) is 0 Å². The zero-order chi connectivity index (χ0) is 33.0. The van der Waals surface area contributed by atoms with E-state index in [1.54, 1.807) is 0 Å². The van der Waals surface area contributed by atoms with E-state index < -0.39 is 21.5 Å². The first-order valence-electron chi connectivity index (χ1n) is 17.3. The van der Waals surface area contributed by atoms with Gasteiger partial charge in [-0.15, -0.1) is 0 Å². The number of rotatable bonds is 11. The number of allylic oxidation sites excluding steroid dienone is 2. The van der Waals surface area contributed by atoms with Crippen molar-refractivity contribution in [1.82, 2.24) is 0 Å². The van der Waals surface area contributed by atoms with Gasteiger partial charge in [-0.05, 0) is 0 Å². The molecule has 46 heavy (non-hydrogen) atoms. The Labute approximate surface area is 294 Å². The fourth-order valence-electron chi connectivity index (χ4n) is 8.18. The molecule has 0 N–H and O–H groups in total. The predicted molar refractivity (Wildman–Crippen MR) is 209 cm³/mol. The van der Waals surface area contributed by atoms with Crippen LogP contribution in [0.3, 0.4) is 0 Å². The third-order valence-corrected chi connectivity index (χ3v) is 64.5. The zero-order valence-corrected chi connectivity index (χ0v) is 35.5. The topological polar surface area (TPSA) is 0 Å². The van der Waals surface area contributed by atoms with Crippen molar-refractivity contribution in [3.8, 4) is 20.9 Å². The van der Waals surface area contributed by atoms with Crippen molar-refractivity contribution in [2.24, 2.45) is 11.8 Å². The van der Waals surface area contributed by atoms with Crippen LogP contribution in [0.1, 0.15) is 93.6 Å². The second kappa shape index (κ2) is 13.4. The summed E-state index contributed by atoms with van der Waals surface area (Å²) in [4.78, 5) is 5.64. The molecule has 2 atom stereocenters. The molecule has 6 heteroatoms. The SMILES string of the molecule is CCC1=Cc2c(-c3ccc(CC(C)C)s3)cccc2[CH]1[Zr]([Cl])([Cl])([CH]1C(CC)=Cc2c(-c3ccc(CC(C)C)s3)cccc21)[SiH](C)C. The first kappa shape index (κ1) is 34.8. The van der Waals surface area contributed by atoms with Gasteiger partial charge in [0.1, 0.15) is 0 Å². The van der Waals surface area contributed by atoms with Crippen molar-refractivity contribution in [3.05, 3.63) is 104 Å². The van der Waals surface area contributed by atoms with Gasteiger partial charge in [0.25, 0.3) is 0 Å². The summed E-state index contributed by atoms with van der Waals surface area (Å²) in [5.41, 5.74) is 11.1. The van der Waals surface area contributed by atoms with E-state index in [1.807, 2.05) is 22.7 Å². The zero-order valence-electron chi connectivity index (χ0n) is 28.7. The first-order chi connectivity index (χ1) is 21.9. The number of fused-ring (bicyclic) bond motifs is 2. The maximum absolute atomic E-state index is 8.62. The summed E-state index contributed by atoms with van der Waals surface area (Å²) >= 11 is -0.847. The average Bonchev–Trinajstić information content (AvgIpc) is 3.80. The number of thiophene rings is 2.